The van der Waals surface area contributed by atoms with Crippen molar-refractivity contribution in [2.75, 3.05) is 90.6 Å². The van der Waals surface area contributed by atoms with Gasteiger partial charge in [0.05, 0.1) is 98.0 Å². The van der Waals surface area contributed by atoms with Crippen LogP contribution in [-0.2, 0) is 6.18 Å². The minimum absolute atomic E-state index is 0.00745. The van der Waals surface area contributed by atoms with E-state index < -0.39 is 41.3 Å². The second kappa shape index (κ2) is 46.8. The molecular formula is C83H81Cl2F3N10O18S5. The van der Waals surface area contributed by atoms with Gasteiger partial charge in [0.25, 0.3) is 29.5 Å². The van der Waals surface area contributed by atoms with Crippen molar-refractivity contribution in [1.82, 2.24) is 26.6 Å². The number of nitrogens with one attached hydrogen (secondary N) is 10. The van der Waals surface area contributed by atoms with Gasteiger partial charge in [0.2, 0.25) is 0 Å². The lowest BCUT2D eigenvalue weighted by Crippen LogP contribution is -2.34. The molecule has 28 nitrogen and oxygen atoms in total. The number of aromatic hydroxyl groups is 4. The van der Waals surface area contributed by atoms with E-state index in [1.807, 2.05) is 32.9 Å². The lowest BCUT2D eigenvalue weighted by atomic mass is 10.1. The number of methoxy groups -OCH3 is 9. The SMILES string of the molecule is COc1cc(OC)cc(C(=O)NC(=S)Nc2cc(Cl)ccc2O)c1.COc1cc(OC)cc(C(=O)NC(=S)Nc2ccc(C)cc2O)c1.COc1cc(OC)cc(C(=O)NC(=S)Nc2ccc(Cl)cc2O)c1.COc1cc(OC)cc(C(=O)NC(=S)Nc2ccccc2O)c1.COc1ccc(C(F)(F)F)cc1NC(=S)NC(=O)c1cc(C)cc(C)c1. The largest absolute Gasteiger partial charge is 0.506 e. The molecule has 0 aliphatic carbocycles. The van der Waals surface area contributed by atoms with Crippen molar-refractivity contribution in [2.45, 2.75) is 26.9 Å². The number of hydrogen-bond donors (Lipinski definition) is 14. The van der Waals surface area contributed by atoms with Crippen LogP contribution in [0.1, 0.15) is 74.0 Å². The van der Waals surface area contributed by atoms with Crippen molar-refractivity contribution in [1.29, 1.82) is 0 Å². The number of amides is 5. The summed E-state index contributed by atoms with van der Waals surface area (Å²) in [7, 11) is 13.3. The molecule has 10 aromatic rings. The third-order valence-corrected chi connectivity index (χ3v) is 17.3. The molecule has 0 unspecified atom stereocenters. The summed E-state index contributed by atoms with van der Waals surface area (Å²) in [6, 6.07) is 48.0. The van der Waals surface area contributed by atoms with Crippen LogP contribution >= 0.6 is 84.3 Å². The monoisotopic (exact) mass is 1790 g/mol. The van der Waals surface area contributed by atoms with Crippen molar-refractivity contribution in [3.05, 3.63) is 248 Å². The Hall–Kier alpha value is -13.2. The zero-order chi connectivity index (χ0) is 89.4. The van der Waals surface area contributed by atoms with Crippen LogP contribution in [0, 0.1) is 20.8 Å². The number of carbonyl (C=O) groups is 5. The van der Waals surface area contributed by atoms with Gasteiger partial charge in [-0.2, -0.15) is 13.2 Å². The van der Waals surface area contributed by atoms with E-state index in [2.05, 4.69) is 53.2 Å². The van der Waals surface area contributed by atoms with Crippen LogP contribution in [0.3, 0.4) is 0 Å². The lowest BCUT2D eigenvalue weighted by molar-refractivity contribution is -0.137. The summed E-state index contributed by atoms with van der Waals surface area (Å²) in [5, 5.41) is 66.0. The number of thiocarbonyl (C=S) groups is 5. The number of hydrogen-bond acceptors (Lipinski definition) is 23. The van der Waals surface area contributed by atoms with Crippen molar-refractivity contribution in [3.8, 4) is 74.7 Å². The molecular weight excluding hydrogens is 1710 g/mol. The number of carbonyl (C=O) groups excluding carboxylic acids is 5. The average molecular weight is 1790 g/mol. The number of phenolic OH excluding ortho intramolecular Hbond substituents is 4. The number of benzene rings is 10. The first-order valence-electron chi connectivity index (χ1n) is 34.8. The predicted molar refractivity (Wildman–Crippen MR) is 478 cm³/mol. The molecule has 121 heavy (non-hydrogen) atoms. The van der Waals surface area contributed by atoms with E-state index in [0.717, 1.165) is 28.8 Å². The normalized spacial score (nSPS) is 10.2. The molecule has 0 radical (unpaired) electrons. The highest BCUT2D eigenvalue weighted by Crippen LogP contribution is 2.36. The molecule has 0 aromatic heterocycles. The fourth-order valence-corrected chi connectivity index (χ4v) is 11.4. The van der Waals surface area contributed by atoms with Crippen molar-refractivity contribution in [3.63, 3.8) is 0 Å². The van der Waals surface area contributed by atoms with E-state index in [1.165, 1.54) is 100 Å². The number of rotatable bonds is 19. The van der Waals surface area contributed by atoms with Gasteiger partial charge in [-0.3, -0.25) is 50.6 Å². The molecule has 14 N–H and O–H groups in total. The molecule has 10 aromatic carbocycles. The van der Waals surface area contributed by atoms with Crippen molar-refractivity contribution >= 4 is 168 Å². The molecule has 636 valence electrons. The van der Waals surface area contributed by atoms with Gasteiger partial charge in [-0.25, -0.2) is 0 Å². The molecule has 10 rings (SSSR count). The summed E-state index contributed by atoms with van der Waals surface area (Å²) in [5.74, 6) is 1.83. The maximum Gasteiger partial charge on any atom is 0.416 e. The van der Waals surface area contributed by atoms with E-state index in [4.69, 9.17) is 127 Å². The Kier molecular flexibility index (Phi) is 37.4. The van der Waals surface area contributed by atoms with Crippen LogP contribution in [0.25, 0.3) is 0 Å². The molecule has 0 fully saturated rings. The first-order chi connectivity index (χ1) is 57.4. The third kappa shape index (κ3) is 31.2. The zero-order valence-electron chi connectivity index (χ0n) is 66.3. The number of phenols is 4. The number of alkyl halides is 3. The number of ether oxygens (including phenoxy) is 9. The van der Waals surface area contributed by atoms with E-state index in [1.54, 1.807) is 127 Å². The van der Waals surface area contributed by atoms with Crippen LogP contribution in [0.4, 0.5) is 41.6 Å². The van der Waals surface area contributed by atoms with Gasteiger partial charge in [0.15, 0.2) is 25.6 Å². The quantitative estimate of drug-likeness (QED) is 0.0264. The topological polar surface area (TPSA) is 370 Å². The summed E-state index contributed by atoms with van der Waals surface area (Å²) in [5.41, 5.74) is 5.02. The molecule has 0 spiro atoms. The van der Waals surface area contributed by atoms with Gasteiger partial charge < -0.3 is 89.6 Å². The summed E-state index contributed by atoms with van der Waals surface area (Å²) in [6.07, 6.45) is -4.51. The lowest BCUT2D eigenvalue weighted by Gasteiger charge is -2.15. The zero-order valence-corrected chi connectivity index (χ0v) is 71.9. The summed E-state index contributed by atoms with van der Waals surface area (Å²) >= 11 is 37.0. The molecule has 0 aliphatic rings. The molecule has 38 heteroatoms. The third-order valence-electron chi connectivity index (χ3n) is 15.8. The van der Waals surface area contributed by atoms with E-state index >= 15 is 0 Å². The standard InChI is InChI=1S/C18H17F3N2O2S.C17H18N2O4S.2C16H15ClN2O4S.C16H16N2O4S/c1-10-6-11(2)8-12(7-10)16(24)23-17(26)22-14-9-13(18(19,20)21)4-5-15(14)25-3;1-10-4-5-14(15(20)6-10)18-17(24)19-16(21)11-7-12(22-2)9-13(8-11)23-3;1-22-11-5-9(6-12(8-11)23-2)15(21)19-16(24)18-13-7-10(17)3-4-14(13)20;1-22-11-5-9(6-12(8-11)23-2)15(21)19-16(24)18-13-4-3-10(17)7-14(13)20;1-21-11-7-10(8-12(9-11)22-2)15(20)18-16(23)17-13-5-3-4-6-14(13)19/h4-9H,1-3H3,(H2,22,23,24,26);4-9,20H,1-3H3,(H2,18,19,21,24);2*3-8,20H,1-2H3,(H2,18,19,21,24);3-9,19H,1-2H3,(H2,17,18,20,23). The molecule has 0 bridgehead atoms. The summed E-state index contributed by atoms with van der Waals surface area (Å²) < 4.78 is 84.7. The van der Waals surface area contributed by atoms with Gasteiger partial charge in [-0.15, -0.1) is 0 Å². The highest BCUT2D eigenvalue weighted by atomic mass is 35.5. The van der Waals surface area contributed by atoms with E-state index in [0.29, 0.717) is 101 Å². The van der Waals surface area contributed by atoms with Crippen LogP contribution < -0.4 is 95.8 Å². The molecule has 0 aliphatic heterocycles. The maximum absolute atomic E-state index is 12.9. The number of aryl methyl sites for hydroxylation is 3. The Labute approximate surface area is 730 Å². The number of anilines is 5. The minimum Gasteiger partial charge on any atom is -0.506 e. The highest BCUT2D eigenvalue weighted by Gasteiger charge is 2.32. The van der Waals surface area contributed by atoms with E-state index in [-0.39, 0.29) is 65.7 Å². The van der Waals surface area contributed by atoms with Gasteiger partial charge in [0, 0.05) is 68.2 Å². The molecule has 5 amide bonds. The Morgan fingerprint density at radius 1 is 0.298 bits per heavy atom. The van der Waals surface area contributed by atoms with Gasteiger partial charge in [-0.05, 0) is 221 Å². The van der Waals surface area contributed by atoms with Crippen LogP contribution in [0.2, 0.25) is 10.0 Å². The van der Waals surface area contributed by atoms with E-state index in [9.17, 15) is 57.6 Å². The second-order valence-corrected chi connectivity index (χ2v) is 27.5. The number of para-hydroxylation sites is 2. The first-order valence-corrected chi connectivity index (χ1v) is 37.6. The molecule has 0 saturated heterocycles. The fraction of sp³-hybridized carbons (Fsp3) is 0.157. The first kappa shape index (κ1) is 96.6. The maximum atomic E-state index is 12.9. The predicted octanol–water partition coefficient (Wildman–Crippen LogP) is 16.2. The minimum atomic E-state index is -4.51. The fourth-order valence-electron chi connectivity index (χ4n) is 10.0. The molecule has 0 saturated carbocycles. The van der Waals surface area contributed by atoms with Crippen LogP contribution in [0.15, 0.2) is 188 Å². The Balaban J connectivity index is 0.000000234. The van der Waals surface area contributed by atoms with Crippen LogP contribution in [0.5, 0.6) is 74.7 Å². The van der Waals surface area contributed by atoms with Gasteiger partial charge in [0.1, 0.15) is 74.7 Å². The van der Waals surface area contributed by atoms with Crippen molar-refractivity contribution < 1.29 is 100 Å². The Morgan fingerprint density at radius 3 is 0.926 bits per heavy atom. The van der Waals surface area contributed by atoms with Crippen LogP contribution in [-0.4, -0.2) is 140 Å². The summed E-state index contributed by atoms with van der Waals surface area (Å²) in [4.78, 5) is 61.4. The van der Waals surface area contributed by atoms with Gasteiger partial charge >= 0.3 is 6.18 Å². The average Bonchev–Trinajstić information content (AvgIpc) is 0.824. The Morgan fingerprint density at radius 2 is 0.595 bits per heavy atom. The second-order valence-electron chi connectivity index (χ2n) is 24.6. The smallest absolute Gasteiger partial charge is 0.416 e. The van der Waals surface area contributed by atoms with Crippen molar-refractivity contribution in [2.24, 2.45) is 0 Å². The van der Waals surface area contributed by atoms with Gasteiger partial charge in [-0.1, -0.05) is 58.6 Å². The number of halogens is 5. The highest BCUT2D eigenvalue weighted by molar-refractivity contribution is 7.81. The Bertz CT molecular complexity index is 5230. The molecule has 0 heterocycles. The molecule has 0 atom stereocenters. The summed E-state index contributed by atoms with van der Waals surface area (Å²) in [6.45, 7) is 5.57.